The molecule has 16 heavy (non-hydrogen) atoms. The average Bonchev–Trinajstić information content (AvgIpc) is 2.33. The molecular weight excluding hydrogens is 198 g/mol. The fraction of sp³-hybridized carbons (Fsp3) is 0.429. The van der Waals surface area contributed by atoms with Crippen LogP contribution >= 0.6 is 0 Å². The highest BCUT2D eigenvalue weighted by Crippen LogP contribution is 2.17. The molecule has 86 valence electrons. The van der Waals surface area contributed by atoms with Gasteiger partial charge in [-0.25, -0.2) is 0 Å². The smallest absolute Gasteiger partial charge is 0.0732 e. The largest absolute Gasteiger partial charge is 0.391 e. The van der Waals surface area contributed by atoms with Crippen molar-refractivity contribution in [1.29, 1.82) is 0 Å². The Morgan fingerprint density at radius 2 is 2.06 bits per heavy atom. The number of hydrogen-bond acceptors (Lipinski definition) is 2. The van der Waals surface area contributed by atoms with Crippen molar-refractivity contribution >= 4 is 0 Å². The zero-order chi connectivity index (χ0) is 11.4. The van der Waals surface area contributed by atoms with E-state index in [2.05, 4.69) is 36.5 Å². The molecule has 2 heteroatoms. The first kappa shape index (κ1) is 11.4. The van der Waals surface area contributed by atoms with Gasteiger partial charge in [0.1, 0.15) is 0 Å². The SMILES string of the molecule is C[C@@H](N[C@@H]1C=CCC[C@@H]1O)c1ccccc1. The minimum atomic E-state index is -0.254. The van der Waals surface area contributed by atoms with Crippen LogP contribution in [0.4, 0.5) is 0 Å². The Morgan fingerprint density at radius 3 is 2.75 bits per heavy atom. The summed E-state index contributed by atoms with van der Waals surface area (Å²) in [4.78, 5) is 0. The Balaban J connectivity index is 1.99. The summed E-state index contributed by atoms with van der Waals surface area (Å²) >= 11 is 0. The lowest BCUT2D eigenvalue weighted by Crippen LogP contribution is -2.41. The molecule has 0 unspecified atom stereocenters. The van der Waals surface area contributed by atoms with Gasteiger partial charge in [-0.05, 0) is 25.3 Å². The van der Waals surface area contributed by atoms with Gasteiger partial charge >= 0.3 is 0 Å². The van der Waals surface area contributed by atoms with E-state index in [0.29, 0.717) is 0 Å². The summed E-state index contributed by atoms with van der Waals surface area (Å²) in [5.41, 5.74) is 1.26. The third-order valence-electron chi connectivity index (χ3n) is 3.13. The van der Waals surface area contributed by atoms with Crippen LogP contribution in [0.1, 0.15) is 31.4 Å². The molecule has 2 N–H and O–H groups in total. The van der Waals surface area contributed by atoms with Gasteiger partial charge in [0.05, 0.1) is 12.1 Å². The van der Waals surface area contributed by atoms with Crippen molar-refractivity contribution < 1.29 is 5.11 Å². The summed E-state index contributed by atoms with van der Waals surface area (Å²) < 4.78 is 0. The number of allylic oxidation sites excluding steroid dienone is 1. The van der Waals surface area contributed by atoms with E-state index in [0.717, 1.165) is 12.8 Å². The van der Waals surface area contributed by atoms with Gasteiger partial charge < -0.3 is 10.4 Å². The molecule has 0 aliphatic heterocycles. The summed E-state index contributed by atoms with van der Waals surface area (Å²) in [6.45, 7) is 2.13. The molecule has 1 aliphatic carbocycles. The Bertz CT molecular complexity index is 347. The Hall–Kier alpha value is -1.12. The third kappa shape index (κ3) is 2.71. The van der Waals surface area contributed by atoms with Gasteiger partial charge in [-0.1, -0.05) is 42.5 Å². The van der Waals surface area contributed by atoms with Gasteiger partial charge in [0, 0.05) is 6.04 Å². The van der Waals surface area contributed by atoms with Crippen LogP contribution in [0.3, 0.4) is 0 Å². The van der Waals surface area contributed by atoms with Crippen LogP contribution in [0.2, 0.25) is 0 Å². The van der Waals surface area contributed by atoms with E-state index in [4.69, 9.17) is 0 Å². The molecular formula is C14H19NO. The summed E-state index contributed by atoms with van der Waals surface area (Å²) in [6, 6.07) is 10.7. The molecule has 0 amide bonds. The second-order valence-corrected chi connectivity index (χ2v) is 4.40. The molecule has 2 nitrogen and oxygen atoms in total. The van der Waals surface area contributed by atoms with Crippen molar-refractivity contribution in [3.05, 3.63) is 48.0 Å². The normalized spacial score (nSPS) is 26.6. The van der Waals surface area contributed by atoms with E-state index >= 15 is 0 Å². The quantitative estimate of drug-likeness (QED) is 0.762. The highest BCUT2D eigenvalue weighted by molar-refractivity contribution is 5.19. The van der Waals surface area contributed by atoms with E-state index in [-0.39, 0.29) is 18.2 Å². The second kappa shape index (κ2) is 5.28. The van der Waals surface area contributed by atoms with Gasteiger partial charge in [-0.15, -0.1) is 0 Å². The highest BCUT2D eigenvalue weighted by atomic mass is 16.3. The first-order chi connectivity index (χ1) is 7.77. The molecule has 3 atom stereocenters. The lowest BCUT2D eigenvalue weighted by molar-refractivity contribution is 0.127. The molecule has 0 fully saturated rings. The van der Waals surface area contributed by atoms with Crippen LogP contribution in [0.5, 0.6) is 0 Å². The third-order valence-corrected chi connectivity index (χ3v) is 3.13. The van der Waals surface area contributed by atoms with Crippen LogP contribution in [-0.2, 0) is 0 Å². The summed E-state index contributed by atoms with van der Waals surface area (Å²) in [5.74, 6) is 0. The number of aliphatic hydroxyl groups excluding tert-OH is 1. The van der Waals surface area contributed by atoms with E-state index < -0.39 is 0 Å². The number of aliphatic hydroxyl groups is 1. The number of hydrogen-bond donors (Lipinski definition) is 2. The number of nitrogens with one attached hydrogen (secondary N) is 1. The zero-order valence-electron chi connectivity index (χ0n) is 9.63. The predicted octanol–water partition coefficient (Wildman–Crippen LogP) is 2.42. The molecule has 0 spiro atoms. The highest BCUT2D eigenvalue weighted by Gasteiger charge is 2.20. The first-order valence-corrected chi connectivity index (χ1v) is 5.93. The molecule has 0 aromatic heterocycles. The zero-order valence-corrected chi connectivity index (χ0v) is 9.63. The minimum Gasteiger partial charge on any atom is -0.391 e. The molecule has 0 saturated carbocycles. The molecule has 0 heterocycles. The minimum absolute atomic E-state index is 0.0870. The molecule has 0 bridgehead atoms. The molecule has 1 aliphatic rings. The van der Waals surface area contributed by atoms with Crippen molar-refractivity contribution in [2.75, 3.05) is 0 Å². The van der Waals surface area contributed by atoms with Gasteiger partial charge in [0.15, 0.2) is 0 Å². The standard InChI is InChI=1S/C14H19NO/c1-11(12-7-3-2-4-8-12)15-13-9-5-6-10-14(13)16/h2-5,7-9,11,13-16H,6,10H2,1H3/t11-,13-,14+/m1/s1. The number of rotatable bonds is 3. The van der Waals surface area contributed by atoms with Crippen molar-refractivity contribution in [1.82, 2.24) is 5.32 Å². The maximum absolute atomic E-state index is 9.85. The fourth-order valence-corrected chi connectivity index (χ4v) is 2.11. The van der Waals surface area contributed by atoms with Crippen LogP contribution in [0, 0.1) is 0 Å². The summed E-state index contributed by atoms with van der Waals surface area (Å²) in [6.07, 6.45) is 5.81. The van der Waals surface area contributed by atoms with E-state index in [1.54, 1.807) is 0 Å². The molecule has 1 aromatic rings. The predicted molar refractivity (Wildman–Crippen MR) is 66.2 cm³/mol. The van der Waals surface area contributed by atoms with Gasteiger partial charge in [0.25, 0.3) is 0 Å². The Kier molecular flexibility index (Phi) is 3.75. The molecule has 0 saturated heterocycles. The fourth-order valence-electron chi connectivity index (χ4n) is 2.11. The molecule has 2 rings (SSSR count). The average molecular weight is 217 g/mol. The van der Waals surface area contributed by atoms with Crippen molar-refractivity contribution in [3.63, 3.8) is 0 Å². The molecule has 0 radical (unpaired) electrons. The van der Waals surface area contributed by atoms with Crippen molar-refractivity contribution in [2.45, 2.75) is 38.0 Å². The van der Waals surface area contributed by atoms with Crippen LogP contribution in [-0.4, -0.2) is 17.3 Å². The topological polar surface area (TPSA) is 32.3 Å². The van der Waals surface area contributed by atoms with Crippen molar-refractivity contribution in [3.8, 4) is 0 Å². The van der Waals surface area contributed by atoms with Crippen LogP contribution < -0.4 is 5.32 Å². The summed E-state index contributed by atoms with van der Waals surface area (Å²) in [7, 11) is 0. The van der Waals surface area contributed by atoms with E-state index in [9.17, 15) is 5.11 Å². The maximum atomic E-state index is 9.85. The first-order valence-electron chi connectivity index (χ1n) is 5.93. The van der Waals surface area contributed by atoms with Gasteiger partial charge in [-0.2, -0.15) is 0 Å². The van der Waals surface area contributed by atoms with Gasteiger partial charge in [-0.3, -0.25) is 0 Å². The van der Waals surface area contributed by atoms with Crippen molar-refractivity contribution in [2.24, 2.45) is 0 Å². The van der Waals surface area contributed by atoms with Crippen LogP contribution in [0.15, 0.2) is 42.5 Å². The Labute approximate surface area is 97.0 Å². The lowest BCUT2D eigenvalue weighted by atomic mass is 9.97. The van der Waals surface area contributed by atoms with Crippen LogP contribution in [0.25, 0.3) is 0 Å². The van der Waals surface area contributed by atoms with E-state index in [1.807, 2.05) is 18.2 Å². The van der Waals surface area contributed by atoms with Gasteiger partial charge in [0.2, 0.25) is 0 Å². The monoisotopic (exact) mass is 217 g/mol. The summed E-state index contributed by atoms with van der Waals surface area (Å²) in [5, 5.41) is 13.3. The Morgan fingerprint density at radius 1 is 1.31 bits per heavy atom. The number of benzene rings is 1. The maximum Gasteiger partial charge on any atom is 0.0732 e. The lowest BCUT2D eigenvalue weighted by Gasteiger charge is -2.27. The second-order valence-electron chi connectivity index (χ2n) is 4.40. The molecule has 1 aromatic carbocycles. The van der Waals surface area contributed by atoms with E-state index in [1.165, 1.54) is 5.56 Å².